The van der Waals surface area contributed by atoms with Gasteiger partial charge in [0.05, 0.1) is 10.8 Å². The number of rotatable bonds is 2. The summed E-state index contributed by atoms with van der Waals surface area (Å²) in [6.07, 6.45) is 4.33. The van der Waals surface area contributed by atoms with Gasteiger partial charge in [0.25, 0.3) is 0 Å². The lowest BCUT2D eigenvalue weighted by atomic mass is 10.1. The van der Waals surface area contributed by atoms with Crippen LogP contribution in [-0.2, 0) is 0 Å². The first kappa shape index (κ1) is 17.0. The van der Waals surface area contributed by atoms with Crippen LogP contribution in [0.15, 0.2) is 39.5 Å². The van der Waals surface area contributed by atoms with Gasteiger partial charge in [-0.1, -0.05) is 6.42 Å². The molecule has 0 aliphatic carbocycles. The molecule has 0 radical (unpaired) electrons. The van der Waals surface area contributed by atoms with Gasteiger partial charge in [0.2, 0.25) is 5.43 Å². The number of halogens is 1. The number of nitrogens with zero attached hydrogens (tertiary/aromatic N) is 1. The second kappa shape index (κ2) is 6.72. The molecule has 0 N–H and O–H groups in total. The molecule has 0 spiro atoms. The number of benzene rings is 2. The van der Waals surface area contributed by atoms with E-state index in [1.165, 1.54) is 24.6 Å². The Morgan fingerprint density at radius 3 is 2.85 bits per heavy atom. The van der Waals surface area contributed by atoms with Crippen molar-refractivity contribution in [3.8, 4) is 5.75 Å². The normalized spacial score (nSPS) is 19.0. The molecule has 1 aliphatic rings. The highest BCUT2D eigenvalue weighted by atomic mass is 19.1. The molecule has 2 heterocycles. The molecular weight excluding hydrogens is 333 g/mol. The maximum Gasteiger partial charge on any atom is 0.200 e. The average molecular weight is 355 g/mol. The topological polar surface area (TPSA) is 42.7 Å². The molecule has 0 amide bonds. The van der Waals surface area contributed by atoms with Crippen molar-refractivity contribution in [2.45, 2.75) is 38.8 Å². The minimum absolute atomic E-state index is 0.0593. The first-order valence-corrected chi connectivity index (χ1v) is 9.06. The Morgan fingerprint density at radius 2 is 2.00 bits per heavy atom. The molecule has 0 saturated carbocycles. The highest BCUT2D eigenvalue weighted by molar-refractivity contribution is 5.92. The van der Waals surface area contributed by atoms with E-state index in [0.29, 0.717) is 22.1 Å². The third-order valence-corrected chi connectivity index (χ3v) is 5.06. The molecule has 4 rings (SSSR count). The van der Waals surface area contributed by atoms with Gasteiger partial charge in [0.15, 0.2) is 17.6 Å². The molecular formula is C21H22FNO3. The molecule has 3 aromatic rings. The van der Waals surface area contributed by atoms with E-state index >= 15 is 0 Å². The Morgan fingerprint density at radius 1 is 1.15 bits per heavy atom. The van der Waals surface area contributed by atoms with Gasteiger partial charge in [0.1, 0.15) is 11.4 Å². The van der Waals surface area contributed by atoms with Gasteiger partial charge in [-0.15, -0.1) is 0 Å². The van der Waals surface area contributed by atoms with E-state index < -0.39 is 5.82 Å². The van der Waals surface area contributed by atoms with Crippen LogP contribution in [0.3, 0.4) is 0 Å². The molecule has 1 saturated heterocycles. The smallest absolute Gasteiger partial charge is 0.200 e. The van der Waals surface area contributed by atoms with Crippen molar-refractivity contribution in [2.75, 3.05) is 13.6 Å². The zero-order valence-corrected chi connectivity index (χ0v) is 15.0. The molecule has 1 unspecified atom stereocenters. The summed E-state index contributed by atoms with van der Waals surface area (Å²) < 4.78 is 25.8. The predicted molar refractivity (Wildman–Crippen MR) is 100 cm³/mol. The predicted octanol–water partition coefficient (Wildman–Crippen LogP) is 4.60. The van der Waals surface area contributed by atoms with E-state index in [9.17, 15) is 9.18 Å². The van der Waals surface area contributed by atoms with E-state index in [-0.39, 0.29) is 17.2 Å². The van der Waals surface area contributed by atoms with Crippen molar-refractivity contribution in [2.24, 2.45) is 0 Å². The van der Waals surface area contributed by atoms with Crippen molar-refractivity contribution in [3.63, 3.8) is 0 Å². The first-order valence-electron chi connectivity index (χ1n) is 9.06. The number of fused-ring (bicyclic) bond motifs is 2. The lowest BCUT2D eigenvalue weighted by Crippen LogP contribution is -2.35. The molecule has 4 nitrogen and oxygen atoms in total. The molecule has 1 aromatic heterocycles. The van der Waals surface area contributed by atoms with E-state index in [1.807, 2.05) is 13.0 Å². The lowest BCUT2D eigenvalue weighted by molar-refractivity contribution is 0.0462. The summed E-state index contributed by atoms with van der Waals surface area (Å²) in [4.78, 5) is 15.1. The highest BCUT2D eigenvalue weighted by Crippen LogP contribution is 2.31. The van der Waals surface area contributed by atoms with Crippen LogP contribution in [0.4, 0.5) is 4.39 Å². The number of ether oxygens (including phenoxy) is 1. The van der Waals surface area contributed by atoms with Crippen LogP contribution in [0.5, 0.6) is 5.75 Å². The Bertz CT molecular complexity index is 1030. The second-order valence-electron chi connectivity index (χ2n) is 7.11. The van der Waals surface area contributed by atoms with Crippen molar-refractivity contribution >= 4 is 21.9 Å². The fourth-order valence-electron chi connectivity index (χ4n) is 3.64. The molecule has 1 fully saturated rings. The van der Waals surface area contributed by atoms with Crippen molar-refractivity contribution < 1.29 is 13.5 Å². The minimum Gasteiger partial charge on any atom is -0.471 e. The van der Waals surface area contributed by atoms with Gasteiger partial charge < -0.3 is 9.15 Å². The molecule has 5 heteroatoms. The standard InChI is InChI=1S/C21H22FNO3/c1-13-10-16-20(24)15-8-7-14(22)12-17(15)26-21(16)18(11-13)25-19-6-4-3-5-9-23(19)2/h7-8,10-12,19H,3-6,9H2,1-2H3. The summed E-state index contributed by atoms with van der Waals surface area (Å²) in [6, 6.07) is 7.68. The van der Waals surface area contributed by atoms with Crippen LogP contribution in [-0.4, -0.2) is 24.7 Å². The van der Waals surface area contributed by atoms with E-state index in [4.69, 9.17) is 9.15 Å². The zero-order valence-electron chi connectivity index (χ0n) is 15.0. The Balaban J connectivity index is 1.88. The van der Waals surface area contributed by atoms with Crippen LogP contribution in [0.1, 0.15) is 31.2 Å². The zero-order chi connectivity index (χ0) is 18.3. The quantitative estimate of drug-likeness (QED) is 0.630. The molecule has 1 atom stereocenters. The van der Waals surface area contributed by atoms with Crippen LogP contribution in [0.25, 0.3) is 21.9 Å². The van der Waals surface area contributed by atoms with Gasteiger partial charge in [-0.2, -0.15) is 0 Å². The van der Waals surface area contributed by atoms with Crippen molar-refractivity contribution in [1.82, 2.24) is 4.90 Å². The summed E-state index contributed by atoms with van der Waals surface area (Å²) in [5.74, 6) is 0.111. The third kappa shape index (κ3) is 3.07. The van der Waals surface area contributed by atoms with Gasteiger partial charge in [-0.25, -0.2) is 4.39 Å². The molecule has 26 heavy (non-hydrogen) atoms. The number of likely N-dealkylation sites (tertiary alicyclic amines) is 1. The second-order valence-corrected chi connectivity index (χ2v) is 7.11. The molecule has 136 valence electrons. The molecule has 1 aliphatic heterocycles. The highest BCUT2D eigenvalue weighted by Gasteiger charge is 2.22. The van der Waals surface area contributed by atoms with Crippen molar-refractivity contribution in [3.05, 3.63) is 51.9 Å². The van der Waals surface area contributed by atoms with Crippen LogP contribution in [0, 0.1) is 12.7 Å². The maximum absolute atomic E-state index is 13.6. The van der Waals surface area contributed by atoms with Gasteiger partial charge in [-0.3, -0.25) is 9.69 Å². The van der Waals surface area contributed by atoms with E-state index in [2.05, 4.69) is 11.9 Å². The number of hydrogen-bond acceptors (Lipinski definition) is 4. The van der Waals surface area contributed by atoms with E-state index in [1.54, 1.807) is 6.07 Å². The van der Waals surface area contributed by atoms with Crippen LogP contribution >= 0.6 is 0 Å². The third-order valence-electron chi connectivity index (χ3n) is 5.06. The Labute approximate surface area is 151 Å². The average Bonchev–Trinajstić information content (AvgIpc) is 2.80. The summed E-state index contributed by atoms with van der Waals surface area (Å²) >= 11 is 0. The molecule has 2 aromatic carbocycles. The first-order chi connectivity index (χ1) is 12.5. The van der Waals surface area contributed by atoms with Gasteiger partial charge >= 0.3 is 0 Å². The number of hydrogen-bond donors (Lipinski definition) is 0. The summed E-state index contributed by atoms with van der Waals surface area (Å²) in [5.41, 5.74) is 1.39. The van der Waals surface area contributed by atoms with Crippen LogP contribution < -0.4 is 10.2 Å². The van der Waals surface area contributed by atoms with Crippen molar-refractivity contribution in [1.29, 1.82) is 0 Å². The number of aryl methyl sites for hydroxylation is 1. The van der Waals surface area contributed by atoms with Crippen LogP contribution in [0.2, 0.25) is 0 Å². The Hall–Kier alpha value is -2.40. The monoisotopic (exact) mass is 355 g/mol. The summed E-state index contributed by atoms with van der Waals surface area (Å²) in [6.45, 7) is 2.91. The fraction of sp³-hybridized carbons (Fsp3) is 0.381. The van der Waals surface area contributed by atoms with E-state index in [0.717, 1.165) is 31.4 Å². The maximum atomic E-state index is 13.6. The SMILES string of the molecule is Cc1cc(OC2CCCCCN2C)c2oc3cc(F)ccc3c(=O)c2c1. The van der Waals surface area contributed by atoms with Gasteiger partial charge in [0, 0.05) is 12.6 Å². The summed E-state index contributed by atoms with van der Waals surface area (Å²) in [5, 5.41) is 0.845. The van der Waals surface area contributed by atoms with Gasteiger partial charge in [-0.05, 0) is 63.1 Å². The Kier molecular flexibility index (Phi) is 4.41. The lowest BCUT2D eigenvalue weighted by Gasteiger charge is -2.26. The summed E-state index contributed by atoms with van der Waals surface area (Å²) in [7, 11) is 2.05. The largest absolute Gasteiger partial charge is 0.471 e. The molecule has 0 bridgehead atoms. The fourth-order valence-corrected chi connectivity index (χ4v) is 3.64. The minimum atomic E-state index is -0.432.